The molecule has 0 radical (unpaired) electrons. The van der Waals surface area contributed by atoms with Crippen molar-refractivity contribution in [1.82, 2.24) is 10.6 Å². The Morgan fingerprint density at radius 2 is 0.367 bits per heavy atom. The molecule has 0 aromatic heterocycles. The summed E-state index contributed by atoms with van der Waals surface area (Å²) in [5, 5.41) is 444. The van der Waals surface area contributed by atoms with Crippen LogP contribution >= 0.6 is 0 Å². The topological polar surface area (TPSA) is 1080 Å². The number of nitrogens with one attached hydrogen (secondary N) is 2. The summed E-state index contributed by atoms with van der Waals surface area (Å²) in [6.45, 7) is -14.1. The fourth-order valence-corrected chi connectivity index (χ4v) is 19.4. The smallest absolute Gasteiger partial charge is 0.217 e. The van der Waals surface area contributed by atoms with Gasteiger partial charge in [0.15, 0.2) is 81.8 Å². The largest absolute Gasteiger partial charge is 0.394 e. The van der Waals surface area contributed by atoms with Crippen molar-refractivity contribution >= 4 is 11.8 Å². The Morgan fingerprint density at radius 1 is 0.173 bits per heavy atom. The van der Waals surface area contributed by atoms with Crippen molar-refractivity contribution in [2.45, 2.75) is 413 Å². The van der Waals surface area contributed by atoms with Gasteiger partial charge in [-0.2, -0.15) is 0 Å². The summed E-state index contributed by atoms with van der Waals surface area (Å²) >= 11 is 0. The van der Waals surface area contributed by atoms with E-state index in [0.717, 1.165) is 13.8 Å². The molecule has 0 spiro atoms. The molecule has 2 amide bonds. The van der Waals surface area contributed by atoms with Crippen LogP contribution in [0, 0.1) is 0 Å². The van der Waals surface area contributed by atoms with Gasteiger partial charge in [-0.05, 0) is 0 Å². The molecule has 13 aliphatic heterocycles. The highest BCUT2D eigenvalue weighted by molar-refractivity contribution is 5.73. The van der Waals surface area contributed by atoms with Gasteiger partial charge in [-0.15, -0.1) is 0 Å². The van der Waals surface area contributed by atoms with Crippen molar-refractivity contribution in [1.29, 1.82) is 0 Å². The Morgan fingerprint density at radius 3 is 0.660 bits per heavy atom. The third-order valence-electron chi connectivity index (χ3n) is 28.0. The molecule has 13 aliphatic rings. The number of hydrogen-bond donors (Lipinski definition) is 41. The molecule has 872 valence electrons. The fourth-order valence-electron chi connectivity index (χ4n) is 19.4. The van der Waals surface area contributed by atoms with Crippen LogP contribution in [0.2, 0.25) is 0 Å². The minimum Gasteiger partial charge on any atom is -0.394 e. The summed E-state index contributed by atoms with van der Waals surface area (Å²) in [6, 6.07) is -3.83. The van der Waals surface area contributed by atoms with Crippen LogP contribution in [0.15, 0.2) is 0 Å². The first-order chi connectivity index (χ1) is 71.1. The monoisotopic (exact) mass is 2210 g/mol. The predicted molar refractivity (Wildman–Crippen MR) is 451 cm³/mol. The Balaban J connectivity index is 0.870. The van der Waals surface area contributed by atoms with E-state index < -0.39 is 497 Å². The number of carbonyl (C=O) groups excluding carboxylic acids is 2. The van der Waals surface area contributed by atoms with Crippen LogP contribution in [0.1, 0.15) is 13.8 Å². The fraction of sp³-hybridized carbons (Fsp3) is 0.976. The summed E-state index contributed by atoms with van der Waals surface area (Å²) in [7, 11) is 0. The maximum atomic E-state index is 13.3. The highest BCUT2D eigenvalue weighted by Crippen LogP contribution is 2.44. The van der Waals surface area contributed by atoms with E-state index in [1.807, 2.05) is 0 Å². The van der Waals surface area contributed by atoms with Crippen LogP contribution in [0.3, 0.4) is 0 Å². The lowest BCUT2D eigenvalue weighted by Crippen LogP contribution is -2.70. The van der Waals surface area contributed by atoms with Gasteiger partial charge < -0.3 is 328 Å². The molecule has 41 N–H and O–H groups in total. The summed E-state index contributed by atoms with van der Waals surface area (Å²) in [6.07, 6.45) is -144. The number of ether oxygens (including phenoxy) is 25. The minimum atomic E-state index is -2.80. The molecule has 65 atom stereocenters. The molecule has 13 rings (SSSR count). The average molecular weight is 2210 g/mol. The third-order valence-corrected chi connectivity index (χ3v) is 28.0. The Bertz CT molecular complexity index is 4070. The van der Waals surface area contributed by atoms with Crippen molar-refractivity contribution in [2.24, 2.45) is 0 Å². The number of amides is 2. The van der Waals surface area contributed by atoms with Crippen molar-refractivity contribution < 1.29 is 327 Å². The second-order valence-electron chi connectivity index (χ2n) is 38.0. The zero-order valence-corrected chi connectivity index (χ0v) is 79.2. The van der Waals surface area contributed by atoms with Gasteiger partial charge in [-0.3, -0.25) is 9.59 Å². The van der Waals surface area contributed by atoms with E-state index in [1.54, 1.807) is 0 Å². The lowest BCUT2D eigenvalue weighted by Gasteiger charge is -2.51. The molecule has 150 heavy (non-hydrogen) atoms. The summed E-state index contributed by atoms with van der Waals surface area (Å²) < 4.78 is 148. The molecule has 68 heteroatoms. The third kappa shape index (κ3) is 26.2. The first-order valence-electron chi connectivity index (χ1n) is 47.7. The van der Waals surface area contributed by atoms with Gasteiger partial charge in [0.1, 0.15) is 317 Å². The lowest BCUT2D eigenvalue weighted by atomic mass is 9.94. The van der Waals surface area contributed by atoms with Gasteiger partial charge in [-0.25, -0.2) is 0 Å². The normalized spacial score (nSPS) is 52.1. The lowest BCUT2D eigenvalue weighted by molar-refractivity contribution is -0.414. The molecule has 13 heterocycles. The highest BCUT2D eigenvalue weighted by atomic mass is 16.8. The van der Waals surface area contributed by atoms with E-state index in [9.17, 15) is 209 Å². The minimum absolute atomic E-state index is 0.856. The first kappa shape index (κ1) is 123. The molecule has 0 aromatic carbocycles. The molecular weight excluding hydrogens is 2070 g/mol. The number of aliphatic hydroxyl groups is 39. The van der Waals surface area contributed by atoms with E-state index >= 15 is 0 Å². The summed E-state index contributed by atoms with van der Waals surface area (Å²) in [5.41, 5.74) is 0. The van der Waals surface area contributed by atoms with Gasteiger partial charge in [0.05, 0.1) is 85.9 Å². The number of aliphatic hydroxyl groups excluding tert-OH is 39. The van der Waals surface area contributed by atoms with E-state index in [1.165, 1.54) is 0 Å². The van der Waals surface area contributed by atoms with E-state index in [-0.39, 0.29) is 0 Å². The highest BCUT2D eigenvalue weighted by Gasteiger charge is 2.65. The molecule has 1 unspecified atom stereocenters. The first-order valence-corrected chi connectivity index (χ1v) is 47.7. The van der Waals surface area contributed by atoms with Crippen molar-refractivity contribution in [2.75, 3.05) is 85.9 Å². The molecule has 13 saturated heterocycles. The zero-order chi connectivity index (χ0) is 110. The van der Waals surface area contributed by atoms with Gasteiger partial charge >= 0.3 is 0 Å². The van der Waals surface area contributed by atoms with E-state index in [4.69, 9.17) is 118 Å². The molecule has 0 aromatic rings. The van der Waals surface area contributed by atoms with Crippen LogP contribution in [0.25, 0.3) is 0 Å². The van der Waals surface area contributed by atoms with Crippen LogP contribution < -0.4 is 10.6 Å². The van der Waals surface area contributed by atoms with Crippen molar-refractivity contribution in [3.63, 3.8) is 0 Å². The Labute approximate surface area is 845 Å². The van der Waals surface area contributed by atoms with E-state index in [0.29, 0.717) is 0 Å². The van der Waals surface area contributed by atoms with Gasteiger partial charge in [-0.1, -0.05) is 0 Å². The molecular formula is C82H138N2O66. The standard InChI is InChI=1S/C82H138N2O66/c1-16(96)83-31-44(109)60(27(12-94)128-70(31)125)141-71-32(84-17(2)97)45(110)61(28(13-95)138-71)142-76-59(124)63(144-79-68(53(118)40(105)23(8-90)134-79)149-82-69(54(119)41(106)26(11-93)137-82)150-81-67(52(117)39(104)25(10-92)136-81)147-75-57(122)48(113)35(100)20(5-87)131-75)43(108)30(140-76)14-126-72-58(123)62(143-78-65(50(115)37(102)22(7-89)133-78)145-73-55(120)46(111)33(98)18(3-85)129-73)42(107)29(139-72)15-127-77-64(49(114)36(101)21(6-88)132-77)148-80-66(51(116)38(103)24(9-91)135-80)146-74-56(121)47(112)34(99)19(4-86)130-74/h18-82,85-95,98-125H,3-15H2,1-2H3,(H,83,96)(H,84,97)/t18-,19-,20-,21-,22-,23-,24-,25-,26-,27-,28-,29-,30-,31-,32-,33-,34-,35-,36-,37-,38-,39-,40-,41-,42-,43-,44-,45-,46+,47+,48+,49+,50+,51+,52+,53+,54+,55+,56+,57+,58+,59+,60-,61-,62+,63+,64+,65+,66+,67+,68+,69+,70?,71+,72+,73-,74-,75-,76+,77+,78-,79-,80-,81-,82-/m1/s1. The maximum Gasteiger partial charge on any atom is 0.217 e. The number of rotatable bonds is 39. The van der Waals surface area contributed by atoms with Crippen molar-refractivity contribution in [3.8, 4) is 0 Å². The van der Waals surface area contributed by atoms with Crippen molar-refractivity contribution in [3.05, 3.63) is 0 Å². The molecule has 0 bridgehead atoms. The summed E-state index contributed by atoms with van der Waals surface area (Å²) in [5.74, 6) is -1.90. The van der Waals surface area contributed by atoms with Gasteiger partial charge in [0, 0.05) is 13.8 Å². The second-order valence-corrected chi connectivity index (χ2v) is 38.0. The van der Waals surface area contributed by atoms with Gasteiger partial charge in [0.2, 0.25) is 11.8 Å². The average Bonchev–Trinajstić information content (AvgIpc) is 0.766. The second kappa shape index (κ2) is 53.8. The maximum absolute atomic E-state index is 13.3. The molecule has 0 aliphatic carbocycles. The van der Waals surface area contributed by atoms with Crippen LogP contribution in [0.5, 0.6) is 0 Å². The Hall–Kier alpha value is -3.62. The zero-order valence-electron chi connectivity index (χ0n) is 79.2. The number of hydrogen-bond acceptors (Lipinski definition) is 66. The van der Waals surface area contributed by atoms with Crippen LogP contribution in [-0.2, 0) is 128 Å². The van der Waals surface area contributed by atoms with Gasteiger partial charge in [0.25, 0.3) is 0 Å². The predicted octanol–water partition coefficient (Wildman–Crippen LogP) is -29.0. The van der Waals surface area contributed by atoms with Crippen LogP contribution in [0.4, 0.5) is 0 Å². The van der Waals surface area contributed by atoms with Crippen LogP contribution in [-0.4, -0.2) is 696 Å². The SMILES string of the molecule is CC(=O)N[C@H]1[C@H](O[C@H]2[C@H](O)[C@@H](NC(C)=O)C(O)O[C@@H]2CO)O[C@H](CO)[C@@H](O[C@@H]2O[C@H](CO[C@H]3O[C@H](CO[C@H]4O[C@H](CO)[C@@H](O)[C@H](O)[C@@H]4O[C@H]4O[C@H](CO)[C@@H](O)[C@H](O)[C@@H]4O[C@H]4O[C@H](CO)[C@@H](O)[C@H](O)[C@@H]4O)[C@@H](O)[C@H](O[C@H]4O[C@H](CO)[C@@H](O)[C@H](O)[C@@H]4O[C@H]4O[C@H](CO)[C@@H](O)[C@H](O)[C@@H]4O)[C@@H]3O)[C@@H](O)[C@H](O[C@H]3O[C@H](CO)[C@@H](O)[C@H](O)[C@@H]3O[C@H]3O[C@H](CO)[C@@H](O)[C@H](O)[C@@H]3O[C@H]3O[C@H](CO)[C@@H](O)[C@H](O)[C@@H]3O[C@H]3O[C@H](CO)[C@@H](O)[C@H](O)[C@@H]3O)[C@@H]2O)[C@@H]1O. The molecule has 13 fully saturated rings. The number of carbonyl (C=O) groups is 2. The summed E-state index contributed by atoms with van der Waals surface area (Å²) in [4.78, 5) is 25.6. The Kier molecular flexibility index (Phi) is 44.2. The molecule has 0 saturated carbocycles. The van der Waals surface area contributed by atoms with E-state index in [2.05, 4.69) is 10.6 Å². The molecule has 68 nitrogen and oxygen atoms in total. The quantitative estimate of drug-likeness (QED) is 0.0272.